The Balaban J connectivity index is 1.91. The lowest BCUT2D eigenvalue weighted by molar-refractivity contribution is -0.137. The van der Waals surface area contributed by atoms with Gasteiger partial charge in [-0.15, -0.1) is 0 Å². The molecule has 2 aliphatic heterocycles. The average molecular weight is 385 g/mol. The second kappa shape index (κ2) is 9.26. The SMILES string of the molecule is CCCCN1C(=O)C(c2ccc(OCC(C)C)cc2)=C(N2CCCCC2)C1=O. The van der Waals surface area contributed by atoms with E-state index in [4.69, 9.17) is 4.74 Å². The van der Waals surface area contributed by atoms with Crippen LogP contribution in [0.1, 0.15) is 58.4 Å². The minimum absolute atomic E-state index is 0.129. The molecule has 5 nitrogen and oxygen atoms in total. The minimum Gasteiger partial charge on any atom is -0.493 e. The van der Waals surface area contributed by atoms with Gasteiger partial charge in [0.25, 0.3) is 11.8 Å². The summed E-state index contributed by atoms with van der Waals surface area (Å²) >= 11 is 0. The summed E-state index contributed by atoms with van der Waals surface area (Å²) in [7, 11) is 0. The van der Waals surface area contributed by atoms with Crippen LogP contribution in [0.4, 0.5) is 0 Å². The van der Waals surface area contributed by atoms with Gasteiger partial charge in [0.2, 0.25) is 0 Å². The molecule has 0 aromatic heterocycles. The first kappa shape index (κ1) is 20.4. The fraction of sp³-hybridized carbons (Fsp3) is 0.565. The van der Waals surface area contributed by atoms with Crippen LogP contribution in [0, 0.1) is 5.92 Å². The molecule has 0 saturated carbocycles. The molecule has 28 heavy (non-hydrogen) atoms. The highest BCUT2D eigenvalue weighted by Gasteiger charge is 2.41. The van der Waals surface area contributed by atoms with Gasteiger partial charge in [-0.2, -0.15) is 0 Å². The van der Waals surface area contributed by atoms with Gasteiger partial charge in [0.1, 0.15) is 11.4 Å². The van der Waals surface area contributed by atoms with E-state index in [0.717, 1.165) is 50.1 Å². The summed E-state index contributed by atoms with van der Waals surface area (Å²) in [4.78, 5) is 29.9. The number of carbonyl (C=O) groups is 2. The van der Waals surface area contributed by atoms with Crippen molar-refractivity contribution in [2.75, 3.05) is 26.2 Å². The molecule has 5 heteroatoms. The third-order valence-electron chi connectivity index (χ3n) is 5.28. The Kier molecular flexibility index (Phi) is 6.76. The topological polar surface area (TPSA) is 49.9 Å². The number of ether oxygens (including phenoxy) is 1. The quantitative estimate of drug-likeness (QED) is 0.634. The Labute approximate surface area is 168 Å². The van der Waals surface area contributed by atoms with E-state index in [-0.39, 0.29) is 11.8 Å². The summed E-state index contributed by atoms with van der Waals surface area (Å²) < 4.78 is 5.76. The van der Waals surface area contributed by atoms with Gasteiger partial charge in [0, 0.05) is 19.6 Å². The Morgan fingerprint density at radius 3 is 2.29 bits per heavy atom. The highest BCUT2D eigenvalue weighted by molar-refractivity contribution is 6.35. The lowest BCUT2D eigenvalue weighted by Gasteiger charge is -2.29. The lowest BCUT2D eigenvalue weighted by Crippen LogP contribution is -2.37. The van der Waals surface area contributed by atoms with Crippen molar-refractivity contribution in [2.24, 2.45) is 5.92 Å². The average Bonchev–Trinajstić information content (AvgIpc) is 2.95. The van der Waals surface area contributed by atoms with E-state index in [9.17, 15) is 9.59 Å². The molecule has 1 fully saturated rings. The summed E-state index contributed by atoms with van der Waals surface area (Å²) in [5, 5.41) is 0. The number of nitrogens with zero attached hydrogens (tertiary/aromatic N) is 2. The molecule has 2 heterocycles. The van der Waals surface area contributed by atoms with Gasteiger partial charge in [0.05, 0.1) is 12.2 Å². The van der Waals surface area contributed by atoms with Gasteiger partial charge in [-0.1, -0.05) is 39.3 Å². The molecule has 2 aliphatic rings. The first-order valence-corrected chi connectivity index (χ1v) is 10.6. The fourth-order valence-corrected chi connectivity index (χ4v) is 3.73. The van der Waals surface area contributed by atoms with E-state index < -0.39 is 0 Å². The Morgan fingerprint density at radius 1 is 1.00 bits per heavy atom. The van der Waals surface area contributed by atoms with E-state index in [0.29, 0.717) is 30.3 Å². The van der Waals surface area contributed by atoms with E-state index in [1.54, 1.807) is 0 Å². The second-order valence-electron chi connectivity index (χ2n) is 8.12. The van der Waals surface area contributed by atoms with Crippen LogP contribution >= 0.6 is 0 Å². The Hall–Kier alpha value is -2.30. The molecule has 0 radical (unpaired) electrons. The zero-order valence-corrected chi connectivity index (χ0v) is 17.4. The van der Waals surface area contributed by atoms with Crippen LogP contribution in [0.15, 0.2) is 30.0 Å². The summed E-state index contributed by atoms with van der Waals surface area (Å²) in [5.41, 5.74) is 1.95. The third kappa shape index (κ3) is 4.40. The summed E-state index contributed by atoms with van der Waals surface area (Å²) in [6.07, 6.45) is 5.10. The van der Waals surface area contributed by atoms with Crippen LogP contribution in [-0.4, -0.2) is 47.9 Å². The molecule has 0 unspecified atom stereocenters. The van der Waals surface area contributed by atoms with Gasteiger partial charge in [-0.25, -0.2) is 0 Å². The number of imide groups is 1. The van der Waals surface area contributed by atoms with Crippen molar-refractivity contribution in [3.63, 3.8) is 0 Å². The maximum Gasteiger partial charge on any atom is 0.277 e. The predicted octanol–water partition coefficient (Wildman–Crippen LogP) is 4.09. The molecule has 1 aromatic carbocycles. The molecule has 0 aliphatic carbocycles. The molecule has 1 aromatic rings. The van der Waals surface area contributed by atoms with Crippen molar-refractivity contribution in [1.82, 2.24) is 9.80 Å². The largest absolute Gasteiger partial charge is 0.493 e. The smallest absolute Gasteiger partial charge is 0.277 e. The fourth-order valence-electron chi connectivity index (χ4n) is 3.73. The van der Waals surface area contributed by atoms with Crippen LogP contribution in [0.2, 0.25) is 0 Å². The number of hydrogen-bond donors (Lipinski definition) is 0. The molecular weight excluding hydrogens is 352 g/mol. The number of amides is 2. The van der Waals surface area contributed by atoms with E-state index in [1.165, 1.54) is 11.3 Å². The third-order valence-corrected chi connectivity index (χ3v) is 5.28. The highest BCUT2D eigenvalue weighted by Crippen LogP contribution is 2.34. The second-order valence-corrected chi connectivity index (χ2v) is 8.12. The number of unbranched alkanes of at least 4 members (excludes halogenated alkanes) is 1. The molecule has 0 atom stereocenters. The van der Waals surface area contributed by atoms with Gasteiger partial charge < -0.3 is 9.64 Å². The van der Waals surface area contributed by atoms with Crippen LogP contribution in [-0.2, 0) is 9.59 Å². The monoisotopic (exact) mass is 384 g/mol. The molecule has 3 rings (SSSR count). The summed E-state index contributed by atoms with van der Waals surface area (Å²) in [6, 6.07) is 7.60. The van der Waals surface area contributed by atoms with Crippen molar-refractivity contribution in [3.05, 3.63) is 35.5 Å². The molecule has 152 valence electrons. The Morgan fingerprint density at radius 2 is 1.68 bits per heavy atom. The van der Waals surface area contributed by atoms with Crippen molar-refractivity contribution >= 4 is 17.4 Å². The van der Waals surface area contributed by atoms with Crippen LogP contribution in [0.25, 0.3) is 5.57 Å². The van der Waals surface area contributed by atoms with Crippen LogP contribution < -0.4 is 4.74 Å². The van der Waals surface area contributed by atoms with Crippen LogP contribution in [0.5, 0.6) is 5.75 Å². The minimum atomic E-state index is -0.158. The normalized spacial score (nSPS) is 17.9. The first-order valence-electron chi connectivity index (χ1n) is 10.6. The molecule has 0 N–H and O–H groups in total. The van der Waals surface area contributed by atoms with Crippen molar-refractivity contribution in [2.45, 2.75) is 52.9 Å². The van der Waals surface area contributed by atoms with Crippen molar-refractivity contribution < 1.29 is 14.3 Å². The number of rotatable bonds is 8. The highest BCUT2D eigenvalue weighted by atomic mass is 16.5. The zero-order chi connectivity index (χ0) is 20.1. The van der Waals surface area contributed by atoms with E-state index >= 15 is 0 Å². The predicted molar refractivity (Wildman–Crippen MR) is 111 cm³/mol. The van der Waals surface area contributed by atoms with Gasteiger partial charge >= 0.3 is 0 Å². The van der Waals surface area contributed by atoms with Crippen molar-refractivity contribution in [3.8, 4) is 5.75 Å². The first-order chi connectivity index (χ1) is 13.5. The molecule has 0 bridgehead atoms. The summed E-state index contributed by atoms with van der Waals surface area (Å²) in [5.74, 6) is 0.955. The van der Waals surface area contributed by atoms with E-state index in [1.807, 2.05) is 24.3 Å². The number of likely N-dealkylation sites (tertiary alicyclic amines) is 1. The van der Waals surface area contributed by atoms with Gasteiger partial charge in [-0.3, -0.25) is 14.5 Å². The zero-order valence-electron chi connectivity index (χ0n) is 17.4. The number of piperidine rings is 1. The molecular formula is C23H32N2O3. The molecule has 0 spiro atoms. The Bertz CT molecular complexity index is 731. The van der Waals surface area contributed by atoms with E-state index in [2.05, 4.69) is 25.7 Å². The number of benzene rings is 1. The summed E-state index contributed by atoms with van der Waals surface area (Å²) in [6.45, 7) is 9.12. The van der Waals surface area contributed by atoms with Gasteiger partial charge in [0.15, 0.2) is 0 Å². The maximum absolute atomic E-state index is 13.2. The molecule has 1 saturated heterocycles. The lowest BCUT2D eigenvalue weighted by atomic mass is 10.0. The standard InChI is InChI=1S/C23H32N2O3/c1-4-5-15-25-22(26)20(21(23(25)27)24-13-7-6-8-14-24)18-9-11-19(12-10-18)28-16-17(2)3/h9-12,17H,4-8,13-16H2,1-3H3. The van der Waals surface area contributed by atoms with Crippen molar-refractivity contribution in [1.29, 1.82) is 0 Å². The van der Waals surface area contributed by atoms with Crippen LogP contribution in [0.3, 0.4) is 0 Å². The maximum atomic E-state index is 13.2. The molecule has 2 amide bonds. The number of carbonyl (C=O) groups excluding carboxylic acids is 2. The number of hydrogen-bond acceptors (Lipinski definition) is 4. The van der Waals surface area contributed by atoms with Gasteiger partial charge in [-0.05, 0) is 49.3 Å².